The summed E-state index contributed by atoms with van der Waals surface area (Å²) in [5.41, 5.74) is 2.43. The summed E-state index contributed by atoms with van der Waals surface area (Å²) < 4.78 is 10.3. The summed E-state index contributed by atoms with van der Waals surface area (Å²) in [5, 5.41) is 2.64. The van der Waals surface area contributed by atoms with Crippen molar-refractivity contribution in [1.29, 1.82) is 0 Å². The molecule has 26 heavy (non-hydrogen) atoms. The van der Waals surface area contributed by atoms with E-state index in [1.807, 2.05) is 42.5 Å². The lowest BCUT2D eigenvalue weighted by Gasteiger charge is -2.10. The van der Waals surface area contributed by atoms with Gasteiger partial charge in [0, 0.05) is 0 Å². The second kappa shape index (κ2) is 8.67. The maximum atomic E-state index is 12.4. The van der Waals surface area contributed by atoms with Crippen molar-refractivity contribution >= 4 is 11.9 Å². The minimum Gasteiger partial charge on any atom is -0.467 e. The first-order valence-electron chi connectivity index (χ1n) is 8.30. The second-order valence-electron chi connectivity index (χ2n) is 5.75. The summed E-state index contributed by atoms with van der Waals surface area (Å²) in [6.07, 6.45) is 2.15. The van der Waals surface area contributed by atoms with E-state index in [0.717, 1.165) is 11.1 Å². The number of ether oxygens (including phenoxy) is 1. The molecule has 0 bridgehead atoms. The van der Waals surface area contributed by atoms with Gasteiger partial charge in [-0.15, -0.1) is 0 Å². The molecular weight excluding hydrogens is 330 g/mol. The van der Waals surface area contributed by atoms with E-state index in [1.165, 1.54) is 6.26 Å². The molecule has 5 nitrogen and oxygen atoms in total. The molecule has 132 valence electrons. The topological polar surface area (TPSA) is 68.5 Å². The van der Waals surface area contributed by atoms with E-state index in [4.69, 9.17) is 9.15 Å². The molecule has 3 rings (SSSR count). The van der Waals surface area contributed by atoms with Crippen LogP contribution >= 0.6 is 0 Å². The first-order chi connectivity index (χ1) is 12.7. The highest BCUT2D eigenvalue weighted by Gasteiger charge is 2.14. The number of amides is 1. The van der Waals surface area contributed by atoms with Crippen LogP contribution in [0, 0.1) is 0 Å². The summed E-state index contributed by atoms with van der Waals surface area (Å²) in [6.45, 7) is -0.0762. The SMILES string of the molecule is O=C(COC(=O)c1ccccc1Cc1ccccc1)NCc1ccco1. The van der Waals surface area contributed by atoms with Crippen molar-refractivity contribution in [3.8, 4) is 0 Å². The van der Waals surface area contributed by atoms with Crippen LogP contribution in [-0.4, -0.2) is 18.5 Å². The van der Waals surface area contributed by atoms with Gasteiger partial charge in [-0.05, 0) is 35.7 Å². The first-order valence-corrected chi connectivity index (χ1v) is 8.30. The Morgan fingerprint density at radius 2 is 1.69 bits per heavy atom. The minimum atomic E-state index is -0.510. The van der Waals surface area contributed by atoms with Gasteiger partial charge in [-0.1, -0.05) is 48.5 Å². The van der Waals surface area contributed by atoms with E-state index in [0.29, 0.717) is 17.7 Å². The van der Waals surface area contributed by atoms with Gasteiger partial charge in [0.1, 0.15) is 5.76 Å². The molecule has 0 saturated carbocycles. The van der Waals surface area contributed by atoms with Crippen molar-refractivity contribution < 1.29 is 18.7 Å². The fraction of sp³-hybridized carbons (Fsp3) is 0.143. The van der Waals surface area contributed by atoms with Gasteiger partial charge in [0.15, 0.2) is 6.61 Å². The van der Waals surface area contributed by atoms with E-state index in [-0.39, 0.29) is 19.1 Å². The molecule has 0 aliphatic heterocycles. The lowest BCUT2D eigenvalue weighted by molar-refractivity contribution is -0.124. The van der Waals surface area contributed by atoms with Crippen molar-refractivity contribution in [2.45, 2.75) is 13.0 Å². The van der Waals surface area contributed by atoms with E-state index in [2.05, 4.69) is 5.32 Å². The van der Waals surface area contributed by atoms with Crippen LogP contribution in [0.4, 0.5) is 0 Å². The summed E-state index contributed by atoms with van der Waals surface area (Å²) in [4.78, 5) is 24.2. The molecule has 0 aliphatic carbocycles. The molecule has 0 spiro atoms. The Morgan fingerprint density at radius 1 is 0.923 bits per heavy atom. The minimum absolute atomic E-state index is 0.258. The number of rotatable bonds is 7. The lowest BCUT2D eigenvalue weighted by Crippen LogP contribution is -2.28. The summed E-state index contributed by atoms with van der Waals surface area (Å²) >= 11 is 0. The van der Waals surface area contributed by atoms with Crippen molar-refractivity contribution in [2.75, 3.05) is 6.61 Å². The molecule has 0 saturated heterocycles. The Bertz CT molecular complexity index is 857. The average molecular weight is 349 g/mol. The highest BCUT2D eigenvalue weighted by Crippen LogP contribution is 2.15. The summed E-state index contributed by atoms with van der Waals surface area (Å²) in [7, 11) is 0. The smallest absolute Gasteiger partial charge is 0.338 e. The van der Waals surface area contributed by atoms with Gasteiger partial charge in [0.25, 0.3) is 5.91 Å². The Hall–Kier alpha value is -3.34. The van der Waals surface area contributed by atoms with Crippen LogP contribution in [0.3, 0.4) is 0 Å². The van der Waals surface area contributed by atoms with E-state index in [9.17, 15) is 9.59 Å². The predicted octanol–water partition coefficient (Wildman–Crippen LogP) is 3.34. The highest BCUT2D eigenvalue weighted by molar-refractivity contribution is 5.92. The zero-order chi connectivity index (χ0) is 18.2. The quantitative estimate of drug-likeness (QED) is 0.664. The maximum Gasteiger partial charge on any atom is 0.338 e. The molecule has 0 radical (unpaired) electrons. The van der Waals surface area contributed by atoms with Gasteiger partial charge in [-0.3, -0.25) is 4.79 Å². The number of hydrogen-bond acceptors (Lipinski definition) is 4. The van der Waals surface area contributed by atoms with E-state index in [1.54, 1.807) is 24.3 Å². The van der Waals surface area contributed by atoms with E-state index < -0.39 is 5.97 Å². The van der Waals surface area contributed by atoms with Gasteiger partial charge in [0.05, 0.1) is 18.4 Å². The van der Waals surface area contributed by atoms with Crippen LogP contribution < -0.4 is 5.32 Å². The zero-order valence-electron chi connectivity index (χ0n) is 14.2. The third-order valence-electron chi connectivity index (χ3n) is 3.85. The normalized spacial score (nSPS) is 10.3. The molecule has 5 heteroatoms. The number of hydrogen-bond donors (Lipinski definition) is 1. The van der Waals surface area contributed by atoms with Crippen molar-refractivity contribution in [3.05, 3.63) is 95.4 Å². The Labute approximate surface area is 151 Å². The van der Waals surface area contributed by atoms with Crippen LogP contribution in [0.25, 0.3) is 0 Å². The van der Waals surface area contributed by atoms with Crippen molar-refractivity contribution in [2.24, 2.45) is 0 Å². The molecule has 0 aliphatic rings. The fourth-order valence-electron chi connectivity index (χ4n) is 2.55. The monoisotopic (exact) mass is 349 g/mol. The molecule has 1 N–H and O–H groups in total. The number of carbonyl (C=O) groups excluding carboxylic acids is 2. The third kappa shape index (κ3) is 4.83. The number of esters is 1. The number of furan rings is 1. The molecule has 0 atom stereocenters. The van der Waals surface area contributed by atoms with Gasteiger partial charge in [-0.2, -0.15) is 0 Å². The van der Waals surface area contributed by atoms with Crippen LogP contribution in [0.2, 0.25) is 0 Å². The third-order valence-corrected chi connectivity index (χ3v) is 3.85. The molecular formula is C21H19NO4. The molecule has 0 unspecified atom stereocenters. The first kappa shape index (κ1) is 17.5. The van der Waals surface area contributed by atoms with Gasteiger partial charge in [0.2, 0.25) is 0 Å². The molecule has 1 heterocycles. The number of carbonyl (C=O) groups is 2. The number of nitrogens with one attached hydrogen (secondary N) is 1. The summed E-state index contributed by atoms with van der Waals surface area (Å²) in [5.74, 6) is -0.252. The second-order valence-corrected chi connectivity index (χ2v) is 5.75. The van der Waals surface area contributed by atoms with Crippen LogP contribution in [0.15, 0.2) is 77.4 Å². The van der Waals surface area contributed by atoms with Crippen LogP contribution in [0.5, 0.6) is 0 Å². The standard InChI is InChI=1S/C21H19NO4/c23-20(22-14-18-10-6-12-25-18)15-26-21(24)19-11-5-4-9-17(19)13-16-7-2-1-3-8-16/h1-12H,13-15H2,(H,22,23). The maximum absolute atomic E-state index is 12.4. The van der Waals surface area contributed by atoms with Crippen LogP contribution in [-0.2, 0) is 22.5 Å². The molecule has 1 amide bonds. The highest BCUT2D eigenvalue weighted by atomic mass is 16.5. The average Bonchev–Trinajstić information content (AvgIpc) is 3.19. The lowest BCUT2D eigenvalue weighted by atomic mass is 10.00. The Morgan fingerprint density at radius 3 is 2.46 bits per heavy atom. The Balaban J connectivity index is 1.56. The van der Waals surface area contributed by atoms with Gasteiger partial charge < -0.3 is 14.5 Å². The largest absolute Gasteiger partial charge is 0.467 e. The molecule has 1 aromatic heterocycles. The van der Waals surface area contributed by atoms with Crippen LogP contribution in [0.1, 0.15) is 27.2 Å². The number of benzene rings is 2. The van der Waals surface area contributed by atoms with Crippen molar-refractivity contribution in [1.82, 2.24) is 5.32 Å². The van der Waals surface area contributed by atoms with Gasteiger partial charge >= 0.3 is 5.97 Å². The predicted molar refractivity (Wildman–Crippen MR) is 96.5 cm³/mol. The summed E-state index contributed by atoms with van der Waals surface area (Å²) in [6, 6.07) is 20.6. The molecule has 0 fully saturated rings. The molecule has 3 aromatic rings. The Kier molecular flexibility index (Phi) is 5.83. The van der Waals surface area contributed by atoms with Gasteiger partial charge in [-0.25, -0.2) is 4.79 Å². The zero-order valence-corrected chi connectivity index (χ0v) is 14.2. The van der Waals surface area contributed by atoms with Crippen molar-refractivity contribution in [3.63, 3.8) is 0 Å². The van der Waals surface area contributed by atoms with E-state index >= 15 is 0 Å². The fourth-order valence-corrected chi connectivity index (χ4v) is 2.55. The molecule has 2 aromatic carbocycles.